The lowest BCUT2D eigenvalue weighted by Gasteiger charge is -2.24. The van der Waals surface area contributed by atoms with Crippen molar-refractivity contribution in [2.75, 3.05) is 24.6 Å². The first-order valence-electron chi connectivity index (χ1n) is 13.7. The maximum Gasteiger partial charge on any atom is 0.321 e. The van der Waals surface area contributed by atoms with E-state index >= 15 is 0 Å². The Morgan fingerprint density at radius 1 is 0.789 bits per heavy atom. The quantitative estimate of drug-likeness (QED) is 0.161. The molecule has 0 saturated carbocycles. The van der Waals surface area contributed by atoms with Gasteiger partial charge in [0.2, 0.25) is 0 Å². The van der Waals surface area contributed by atoms with Gasteiger partial charge in [-0.05, 0) is 67.3 Å². The summed E-state index contributed by atoms with van der Waals surface area (Å²) in [6.45, 7) is 5.73. The fourth-order valence-corrected chi connectivity index (χ4v) is 4.95. The molecule has 3 aromatic rings. The van der Waals surface area contributed by atoms with E-state index in [-0.39, 0.29) is 18.4 Å². The number of esters is 1. The van der Waals surface area contributed by atoms with Gasteiger partial charge in [0.25, 0.3) is 0 Å². The number of urea groups is 1. The zero-order chi connectivity index (χ0) is 27.0. The first kappa shape index (κ1) is 29.3. The predicted octanol–water partition coefficient (Wildman–Crippen LogP) is 7.67. The van der Waals surface area contributed by atoms with Gasteiger partial charge in [-0.2, -0.15) is 0 Å². The topological polar surface area (TPSA) is 58.6 Å². The van der Waals surface area contributed by atoms with Gasteiger partial charge in [0.1, 0.15) is 0 Å². The molecule has 1 N–H and O–H groups in total. The van der Waals surface area contributed by atoms with Crippen molar-refractivity contribution in [3.8, 4) is 0 Å². The Bertz CT molecular complexity index is 1100. The third kappa shape index (κ3) is 10.3. The van der Waals surface area contributed by atoms with Crippen molar-refractivity contribution >= 4 is 29.4 Å². The molecule has 202 valence electrons. The van der Waals surface area contributed by atoms with E-state index in [1.54, 1.807) is 11.8 Å². The number of carbonyl (C=O) groups excluding carboxylic acids is 2. The van der Waals surface area contributed by atoms with Crippen LogP contribution in [0.2, 0.25) is 0 Å². The Hall–Kier alpha value is -3.25. The first-order chi connectivity index (χ1) is 18.6. The number of hydrogen-bond donors (Lipinski definition) is 1. The number of carbonyl (C=O) groups is 2. The second kappa shape index (κ2) is 16.6. The molecule has 5 nitrogen and oxygen atoms in total. The Morgan fingerprint density at radius 3 is 2.11 bits per heavy atom. The lowest BCUT2D eigenvalue weighted by atomic mass is 10.1. The highest BCUT2D eigenvalue weighted by atomic mass is 32.2. The fraction of sp³-hybridized carbons (Fsp3) is 0.375. The van der Waals surface area contributed by atoms with Crippen molar-refractivity contribution < 1.29 is 14.3 Å². The zero-order valence-corrected chi connectivity index (χ0v) is 23.5. The minimum atomic E-state index is -0.208. The van der Waals surface area contributed by atoms with Gasteiger partial charge in [-0.1, -0.05) is 86.8 Å². The SMILES string of the molecule is CCCCCCCNC(=O)N(CCc1ccccc1)c1ccc(Sc2ccc(CC(=O)OCC)cc2)cc1. The molecule has 3 rings (SSSR count). The van der Waals surface area contributed by atoms with Gasteiger partial charge in [-0.25, -0.2) is 4.79 Å². The van der Waals surface area contributed by atoms with E-state index in [1.165, 1.54) is 24.8 Å². The molecule has 0 atom stereocenters. The van der Waals surface area contributed by atoms with Crippen molar-refractivity contribution in [3.63, 3.8) is 0 Å². The third-order valence-corrected chi connectivity index (χ3v) is 7.25. The number of hydrogen-bond acceptors (Lipinski definition) is 4. The standard InChI is InChI=1S/C32H40N2O3S/c1-3-5-6-7-11-23-33-32(36)34(24-22-26-12-9-8-10-13-26)28-16-20-30(21-17-28)38-29-18-14-27(15-19-29)25-31(35)37-4-2/h8-10,12-21H,3-7,11,22-25H2,1-2H3,(H,33,36). The Labute approximate surface area is 232 Å². The van der Waals surface area contributed by atoms with Gasteiger partial charge >= 0.3 is 12.0 Å². The maximum atomic E-state index is 13.2. The lowest BCUT2D eigenvalue weighted by molar-refractivity contribution is -0.142. The van der Waals surface area contributed by atoms with Crippen LogP contribution in [0.5, 0.6) is 0 Å². The van der Waals surface area contributed by atoms with Gasteiger partial charge < -0.3 is 10.1 Å². The van der Waals surface area contributed by atoms with Crippen LogP contribution >= 0.6 is 11.8 Å². The Balaban J connectivity index is 1.61. The summed E-state index contributed by atoms with van der Waals surface area (Å²) in [5.41, 5.74) is 3.04. The number of nitrogens with zero attached hydrogens (tertiary/aromatic N) is 1. The summed E-state index contributed by atoms with van der Waals surface area (Å²) in [4.78, 5) is 28.9. The first-order valence-corrected chi connectivity index (χ1v) is 14.5. The number of nitrogens with one attached hydrogen (secondary N) is 1. The van der Waals surface area contributed by atoms with E-state index in [0.29, 0.717) is 19.7 Å². The highest BCUT2D eigenvalue weighted by molar-refractivity contribution is 7.99. The smallest absolute Gasteiger partial charge is 0.321 e. The summed E-state index contributed by atoms with van der Waals surface area (Å²) < 4.78 is 5.03. The summed E-state index contributed by atoms with van der Waals surface area (Å²) in [5, 5.41) is 3.12. The molecule has 0 spiro atoms. The monoisotopic (exact) mass is 532 g/mol. The average molecular weight is 533 g/mol. The van der Waals surface area contributed by atoms with E-state index in [4.69, 9.17) is 4.74 Å². The zero-order valence-electron chi connectivity index (χ0n) is 22.7. The molecule has 0 radical (unpaired) electrons. The van der Waals surface area contributed by atoms with Crippen molar-refractivity contribution in [2.45, 2.75) is 68.6 Å². The predicted molar refractivity (Wildman–Crippen MR) is 157 cm³/mol. The molecule has 0 saturated heterocycles. The molecule has 38 heavy (non-hydrogen) atoms. The number of benzene rings is 3. The molecule has 6 heteroatoms. The molecular formula is C32H40N2O3S. The second-order valence-electron chi connectivity index (χ2n) is 9.26. The van der Waals surface area contributed by atoms with Crippen LogP contribution in [-0.2, 0) is 22.4 Å². The summed E-state index contributed by atoms with van der Waals surface area (Å²) in [7, 11) is 0. The van der Waals surface area contributed by atoms with Crippen LogP contribution in [0.1, 0.15) is 57.1 Å². The Kier molecular flexibility index (Phi) is 12.8. The fourth-order valence-electron chi connectivity index (χ4n) is 4.14. The minimum absolute atomic E-state index is 0.0472. The number of rotatable bonds is 15. The van der Waals surface area contributed by atoms with Crippen molar-refractivity contribution in [2.24, 2.45) is 0 Å². The van der Waals surface area contributed by atoms with Gasteiger partial charge in [0.05, 0.1) is 13.0 Å². The van der Waals surface area contributed by atoms with Gasteiger partial charge in [0.15, 0.2) is 0 Å². The lowest BCUT2D eigenvalue weighted by Crippen LogP contribution is -2.41. The van der Waals surface area contributed by atoms with Gasteiger partial charge in [-0.3, -0.25) is 9.69 Å². The van der Waals surface area contributed by atoms with E-state index < -0.39 is 0 Å². The molecule has 3 aromatic carbocycles. The van der Waals surface area contributed by atoms with Crippen molar-refractivity contribution in [3.05, 3.63) is 90.0 Å². The number of ether oxygens (including phenoxy) is 1. The van der Waals surface area contributed by atoms with E-state index in [1.807, 2.05) is 66.4 Å². The molecule has 0 aliphatic carbocycles. The second-order valence-corrected chi connectivity index (χ2v) is 10.4. The molecule has 0 aliphatic heterocycles. The van der Waals surface area contributed by atoms with Gasteiger partial charge in [-0.15, -0.1) is 0 Å². The van der Waals surface area contributed by atoms with Crippen LogP contribution in [0.15, 0.2) is 88.7 Å². The maximum absolute atomic E-state index is 13.2. The number of amides is 2. The van der Waals surface area contributed by atoms with Crippen molar-refractivity contribution in [1.82, 2.24) is 5.32 Å². The minimum Gasteiger partial charge on any atom is -0.466 e. The van der Waals surface area contributed by atoms with Crippen LogP contribution < -0.4 is 10.2 Å². The van der Waals surface area contributed by atoms with Crippen molar-refractivity contribution in [1.29, 1.82) is 0 Å². The molecule has 0 aliphatic rings. The van der Waals surface area contributed by atoms with Crippen LogP contribution in [0, 0.1) is 0 Å². The average Bonchev–Trinajstić information content (AvgIpc) is 2.93. The molecule has 0 heterocycles. The van der Waals surface area contributed by atoms with Crippen LogP contribution in [0.25, 0.3) is 0 Å². The van der Waals surface area contributed by atoms with E-state index in [9.17, 15) is 9.59 Å². The molecule has 0 bridgehead atoms. The Morgan fingerprint density at radius 2 is 1.45 bits per heavy atom. The normalized spacial score (nSPS) is 10.7. The van der Waals surface area contributed by atoms with Gasteiger partial charge in [0, 0.05) is 28.6 Å². The van der Waals surface area contributed by atoms with E-state index in [0.717, 1.165) is 40.3 Å². The summed E-state index contributed by atoms with van der Waals surface area (Å²) >= 11 is 1.65. The molecule has 2 amide bonds. The molecule has 0 unspecified atom stereocenters. The van der Waals surface area contributed by atoms with E-state index in [2.05, 4.69) is 36.5 Å². The third-order valence-electron chi connectivity index (χ3n) is 6.23. The molecule has 0 fully saturated rings. The largest absolute Gasteiger partial charge is 0.466 e. The number of unbranched alkanes of at least 4 members (excludes halogenated alkanes) is 4. The summed E-state index contributed by atoms with van der Waals surface area (Å²) in [5.74, 6) is -0.208. The summed E-state index contributed by atoms with van der Waals surface area (Å²) in [6, 6.07) is 26.3. The highest BCUT2D eigenvalue weighted by Gasteiger charge is 2.16. The summed E-state index contributed by atoms with van der Waals surface area (Å²) in [6.07, 6.45) is 6.91. The van der Waals surface area contributed by atoms with Crippen LogP contribution in [0.4, 0.5) is 10.5 Å². The van der Waals surface area contributed by atoms with Crippen LogP contribution in [-0.4, -0.2) is 31.7 Å². The highest BCUT2D eigenvalue weighted by Crippen LogP contribution is 2.30. The molecule has 0 aromatic heterocycles. The number of anilines is 1. The molecular weight excluding hydrogens is 492 g/mol. The van der Waals surface area contributed by atoms with Crippen LogP contribution in [0.3, 0.4) is 0 Å².